The van der Waals surface area contributed by atoms with E-state index in [1.165, 1.54) is 0 Å². The topological polar surface area (TPSA) is 26.0 Å². The summed E-state index contributed by atoms with van der Waals surface area (Å²) in [5.41, 5.74) is 7.79. The molecule has 1 aromatic rings. The number of thioether (sulfide) groups is 1. The first-order valence-corrected chi connectivity index (χ1v) is 5.69. The van der Waals surface area contributed by atoms with Crippen molar-refractivity contribution in [3.8, 4) is 0 Å². The van der Waals surface area contributed by atoms with Gasteiger partial charge in [0, 0.05) is 20.8 Å². The van der Waals surface area contributed by atoms with Crippen LogP contribution in [0.2, 0.25) is 0 Å². The molecule has 1 rings (SSSR count). The first-order chi connectivity index (χ1) is 6.09. The first kappa shape index (κ1) is 10.7. The number of benzene rings is 1. The Balaban J connectivity index is 2.75. The van der Waals surface area contributed by atoms with E-state index < -0.39 is 0 Å². The van der Waals surface area contributed by atoms with Crippen molar-refractivity contribution < 1.29 is 0 Å². The van der Waals surface area contributed by atoms with Crippen LogP contribution in [0.3, 0.4) is 0 Å². The lowest BCUT2D eigenvalue weighted by Crippen LogP contribution is -1.89. The van der Waals surface area contributed by atoms with Gasteiger partial charge in [-0.2, -0.15) is 0 Å². The number of hydrogen-bond donors (Lipinski definition) is 1. The molecule has 0 fully saturated rings. The van der Waals surface area contributed by atoms with E-state index in [1.54, 1.807) is 11.8 Å². The molecule has 0 spiro atoms. The van der Waals surface area contributed by atoms with E-state index in [4.69, 9.17) is 5.73 Å². The van der Waals surface area contributed by atoms with Crippen LogP contribution < -0.4 is 5.73 Å². The lowest BCUT2D eigenvalue weighted by molar-refractivity contribution is 1.39. The zero-order chi connectivity index (χ0) is 9.84. The van der Waals surface area contributed by atoms with Gasteiger partial charge >= 0.3 is 0 Å². The Morgan fingerprint density at radius 2 is 2.31 bits per heavy atom. The largest absolute Gasteiger partial charge is 0.398 e. The Hall–Kier alpha value is -0.410. The Bertz CT molecular complexity index is 323. The second kappa shape index (κ2) is 4.72. The highest BCUT2D eigenvalue weighted by molar-refractivity contribution is 9.10. The Morgan fingerprint density at radius 1 is 1.62 bits per heavy atom. The molecule has 0 radical (unpaired) electrons. The summed E-state index contributed by atoms with van der Waals surface area (Å²) in [6, 6.07) is 5.88. The SMILES string of the molecule is C=C(C)CSc1cc(Br)ccc1N. The van der Waals surface area contributed by atoms with Crippen molar-refractivity contribution in [2.24, 2.45) is 0 Å². The van der Waals surface area contributed by atoms with Crippen molar-refractivity contribution in [1.82, 2.24) is 0 Å². The monoisotopic (exact) mass is 257 g/mol. The predicted octanol–water partition coefficient (Wildman–Crippen LogP) is 3.70. The lowest BCUT2D eigenvalue weighted by Gasteiger charge is -2.05. The molecule has 0 aliphatic rings. The number of halogens is 1. The third kappa shape index (κ3) is 3.44. The summed E-state index contributed by atoms with van der Waals surface area (Å²) in [5, 5.41) is 0. The molecule has 1 aromatic carbocycles. The van der Waals surface area contributed by atoms with Gasteiger partial charge in [-0.15, -0.1) is 11.8 Å². The van der Waals surface area contributed by atoms with Gasteiger partial charge in [0.1, 0.15) is 0 Å². The standard InChI is InChI=1S/C10H12BrNS/c1-7(2)6-13-10-5-8(11)3-4-9(10)12/h3-5H,1,6,12H2,2H3. The van der Waals surface area contributed by atoms with Gasteiger partial charge in [0.2, 0.25) is 0 Å². The molecule has 0 unspecified atom stereocenters. The van der Waals surface area contributed by atoms with Crippen LogP contribution >= 0.6 is 27.7 Å². The van der Waals surface area contributed by atoms with Gasteiger partial charge in [0.25, 0.3) is 0 Å². The highest BCUT2D eigenvalue weighted by atomic mass is 79.9. The quantitative estimate of drug-likeness (QED) is 0.508. The average Bonchev–Trinajstić information content (AvgIpc) is 2.06. The molecule has 0 aliphatic heterocycles. The number of anilines is 1. The molecule has 0 bridgehead atoms. The van der Waals surface area contributed by atoms with Crippen molar-refractivity contribution >= 4 is 33.4 Å². The highest BCUT2D eigenvalue weighted by Crippen LogP contribution is 2.29. The van der Waals surface area contributed by atoms with E-state index in [0.717, 1.165) is 26.4 Å². The second-order valence-corrected chi connectivity index (χ2v) is 4.86. The smallest absolute Gasteiger partial charge is 0.0453 e. The van der Waals surface area contributed by atoms with Crippen LogP contribution in [0.15, 0.2) is 39.7 Å². The van der Waals surface area contributed by atoms with E-state index in [2.05, 4.69) is 22.5 Å². The van der Waals surface area contributed by atoms with Gasteiger partial charge in [-0.05, 0) is 25.1 Å². The molecule has 0 amide bonds. The van der Waals surface area contributed by atoms with Crippen LogP contribution in [0.1, 0.15) is 6.92 Å². The van der Waals surface area contributed by atoms with Gasteiger partial charge in [0.15, 0.2) is 0 Å². The second-order valence-electron chi connectivity index (χ2n) is 2.93. The van der Waals surface area contributed by atoms with Gasteiger partial charge in [-0.3, -0.25) is 0 Å². The molecule has 13 heavy (non-hydrogen) atoms. The maximum Gasteiger partial charge on any atom is 0.0453 e. The summed E-state index contributed by atoms with van der Waals surface area (Å²) in [4.78, 5) is 1.11. The minimum Gasteiger partial charge on any atom is -0.398 e. The summed E-state index contributed by atoms with van der Waals surface area (Å²) in [6.45, 7) is 5.86. The zero-order valence-electron chi connectivity index (χ0n) is 7.51. The van der Waals surface area contributed by atoms with Crippen LogP contribution in [0.25, 0.3) is 0 Å². The molecule has 0 atom stereocenters. The molecule has 0 heterocycles. The minimum absolute atomic E-state index is 0.828. The Kier molecular flexibility index (Phi) is 3.88. The van der Waals surface area contributed by atoms with Crippen LogP contribution in [0.5, 0.6) is 0 Å². The molecular weight excluding hydrogens is 246 g/mol. The first-order valence-electron chi connectivity index (χ1n) is 3.92. The van der Waals surface area contributed by atoms with Gasteiger partial charge in [0.05, 0.1) is 0 Å². The molecular formula is C10H12BrNS. The molecule has 1 nitrogen and oxygen atoms in total. The third-order valence-electron chi connectivity index (χ3n) is 1.45. The predicted molar refractivity (Wildman–Crippen MR) is 64.1 cm³/mol. The average molecular weight is 258 g/mol. The highest BCUT2D eigenvalue weighted by Gasteiger charge is 2.00. The van der Waals surface area contributed by atoms with Crippen LogP contribution in [0.4, 0.5) is 5.69 Å². The molecule has 0 aliphatic carbocycles. The van der Waals surface area contributed by atoms with Crippen molar-refractivity contribution in [2.75, 3.05) is 11.5 Å². The number of nitrogens with two attached hydrogens (primary N) is 1. The number of hydrogen-bond acceptors (Lipinski definition) is 2. The van der Waals surface area contributed by atoms with Crippen molar-refractivity contribution in [1.29, 1.82) is 0 Å². The summed E-state index contributed by atoms with van der Waals surface area (Å²) in [5.74, 6) is 0.917. The van der Waals surface area contributed by atoms with Crippen molar-refractivity contribution in [3.05, 3.63) is 34.8 Å². The Morgan fingerprint density at radius 3 is 2.92 bits per heavy atom. The fourth-order valence-electron chi connectivity index (χ4n) is 0.834. The van der Waals surface area contributed by atoms with Crippen LogP contribution in [-0.4, -0.2) is 5.75 Å². The van der Waals surface area contributed by atoms with Gasteiger partial charge < -0.3 is 5.73 Å². The lowest BCUT2D eigenvalue weighted by atomic mass is 10.3. The van der Waals surface area contributed by atoms with E-state index in [0.29, 0.717) is 0 Å². The minimum atomic E-state index is 0.828. The molecule has 2 N–H and O–H groups in total. The maximum absolute atomic E-state index is 5.80. The van der Waals surface area contributed by atoms with E-state index >= 15 is 0 Å². The third-order valence-corrected chi connectivity index (χ3v) is 3.24. The number of rotatable bonds is 3. The van der Waals surface area contributed by atoms with Crippen LogP contribution in [-0.2, 0) is 0 Å². The van der Waals surface area contributed by atoms with Gasteiger partial charge in [-0.1, -0.05) is 28.1 Å². The van der Waals surface area contributed by atoms with E-state index in [1.807, 2.05) is 25.1 Å². The fraction of sp³-hybridized carbons (Fsp3) is 0.200. The molecule has 70 valence electrons. The molecule has 0 saturated carbocycles. The van der Waals surface area contributed by atoms with E-state index in [9.17, 15) is 0 Å². The normalized spacial score (nSPS) is 10.0. The summed E-state index contributed by atoms with van der Waals surface area (Å²) in [6.07, 6.45) is 0. The zero-order valence-corrected chi connectivity index (χ0v) is 9.91. The summed E-state index contributed by atoms with van der Waals surface area (Å²) >= 11 is 5.13. The summed E-state index contributed by atoms with van der Waals surface area (Å²) in [7, 11) is 0. The molecule has 3 heteroatoms. The maximum atomic E-state index is 5.80. The summed E-state index contributed by atoms with van der Waals surface area (Å²) < 4.78 is 1.06. The fourth-order valence-corrected chi connectivity index (χ4v) is 2.19. The molecule has 0 saturated heterocycles. The number of nitrogen functional groups attached to an aromatic ring is 1. The molecule has 0 aromatic heterocycles. The van der Waals surface area contributed by atoms with E-state index in [-0.39, 0.29) is 0 Å². The van der Waals surface area contributed by atoms with Crippen molar-refractivity contribution in [2.45, 2.75) is 11.8 Å². The Labute approximate surface area is 91.5 Å². The van der Waals surface area contributed by atoms with Crippen molar-refractivity contribution in [3.63, 3.8) is 0 Å². The van der Waals surface area contributed by atoms with Crippen LogP contribution in [0, 0.1) is 0 Å². The van der Waals surface area contributed by atoms with Gasteiger partial charge in [-0.25, -0.2) is 0 Å².